The van der Waals surface area contributed by atoms with E-state index in [0.29, 0.717) is 36.2 Å². The SMILES string of the molecule is O=C(O)C1(Cc2cc3cc(-c4cc(C(F)(F)F)ccn4)[nH]c3cn2)CC1. The van der Waals surface area contributed by atoms with E-state index < -0.39 is 23.1 Å². The minimum absolute atomic E-state index is 0.182. The van der Waals surface area contributed by atoms with Gasteiger partial charge in [-0.05, 0) is 37.1 Å². The predicted molar refractivity (Wildman–Crippen MR) is 87.3 cm³/mol. The molecule has 0 unspecified atom stereocenters. The maximum atomic E-state index is 12.9. The Morgan fingerprint density at radius 1 is 1.23 bits per heavy atom. The standard InChI is InChI=1S/C18H14F3N3O2/c19-18(20,21)11-1-4-22-13(7-11)14-6-10-5-12(23-9-15(10)24-14)8-17(2-3-17)16(25)26/h1,4-7,9,24H,2-3,8H2,(H,25,26). The van der Waals surface area contributed by atoms with Gasteiger partial charge in [0, 0.05) is 23.7 Å². The molecule has 0 radical (unpaired) electrons. The number of aromatic nitrogens is 3. The lowest BCUT2D eigenvalue weighted by Gasteiger charge is -2.08. The van der Waals surface area contributed by atoms with Crippen LogP contribution in [0.3, 0.4) is 0 Å². The summed E-state index contributed by atoms with van der Waals surface area (Å²) in [4.78, 5) is 22.6. The minimum Gasteiger partial charge on any atom is -0.481 e. The third kappa shape index (κ3) is 2.91. The van der Waals surface area contributed by atoms with Crippen molar-refractivity contribution in [2.45, 2.75) is 25.4 Å². The van der Waals surface area contributed by atoms with Gasteiger partial charge in [-0.3, -0.25) is 14.8 Å². The largest absolute Gasteiger partial charge is 0.481 e. The molecule has 5 nitrogen and oxygen atoms in total. The van der Waals surface area contributed by atoms with Crippen molar-refractivity contribution in [3.05, 3.63) is 47.9 Å². The number of hydrogen-bond acceptors (Lipinski definition) is 3. The van der Waals surface area contributed by atoms with Gasteiger partial charge in [-0.2, -0.15) is 13.2 Å². The molecule has 3 heterocycles. The molecule has 1 aliphatic carbocycles. The first-order valence-electron chi connectivity index (χ1n) is 8.02. The molecule has 0 saturated heterocycles. The second-order valence-electron chi connectivity index (χ2n) is 6.64. The Labute approximate surface area is 145 Å². The number of alkyl halides is 3. The highest BCUT2D eigenvalue weighted by molar-refractivity contribution is 5.85. The van der Waals surface area contributed by atoms with Crippen molar-refractivity contribution in [3.8, 4) is 11.4 Å². The minimum atomic E-state index is -4.44. The van der Waals surface area contributed by atoms with Crippen molar-refractivity contribution in [2.24, 2.45) is 5.41 Å². The zero-order chi connectivity index (χ0) is 18.5. The van der Waals surface area contributed by atoms with Crippen LogP contribution in [0.1, 0.15) is 24.1 Å². The van der Waals surface area contributed by atoms with Gasteiger partial charge in [0.25, 0.3) is 0 Å². The van der Waals surface area contributed by atoms with Crippen LogP contribution in [-0.4, -0.2) is 26.0 Å². The second-order valence-corrected chi connectivity index (χ2v) is 6.64. The number of pyridine rings is 2. The highest BCUT2D eigenvalue weighted by atomic mass is 19.4. The van der Waals surface area contributed by atoms with E-state index in [-0.39, 0.29) is 5.69 Å². The van der Waals surface area contributed by atoms with Crippen molar-refractivity contribution >= 4 is 16.9 Å². The molecule has 8 heteroatoms. The molecule has 1 aliphatic rings. The van der Waals surface area contributed by atoms with E-state index in [9.17, 15) is 23.1 Å². The number of carbonyl (C=O) groups is 1. The van der Waals surface area contributed by atoms with Gasteiger partial charge in [-0.15, -0.1) is 0 Å². The van der Waals surface area contributed by atoms with Crippen LogP contribution in [0.4, 0.5) is 13.2 Å². The summed E-state index contributed by atoms with van der Waals surface area (Å²) in [6.45, 7) is 0. The Balaban J connectivity index is 1.67. The smallest absolute Gasteiger partial charge is 0.416 e. The molecule has 3 aromatic heterocycles. The van der Waals surface area contributed by atoms with Gasteiger partial charge in [0.15, 0.2) is 0 Å². The van der Waals surface area contributed by atoms with Crippen LogP contribution in [0.5, 0.6) is 0 Å². The van der Waals surface area contributed by atoms with Crippen LogP contribution >= 0.6 is 0 Å². The summed E-state index contributed by atoms with van der Waals surface area (Å²) in [6.07, 6.45) is -0.131. The summed E-state index contributed by atoms with van der Waals surface area (Å²) in [6, 6.07) is 5.38. The first-order valence-corrected chi connectivity index (χ1v) is 8.02. The van der Waals surface area contributed by atoms with E-state index in [1.165, 1.54) is 0 Å². The highest BCUT2D eigenvalue weighted by Gasteiger charge is 2.50. The number of aromatic amines is 1. The zero-order valence-electron chi connectivity index (χ0n) is 13.5. The van der Waals surface area contributed by atoms with Crippen LogP contribution in [0.25, 0.3) is 22.3 Å². The van der Waals surface area contributed by atoms with E-state index in [4.69, 9.17) is 0 Å². The van der Waals surface area contributed by atoms with Crippen molar-refractivity contribution in [3.63, 3.8) is 0 Å². The molecule has 0 atom stereocenters. The van der Waals surface area contributed by atoms with E-state index in [1.54, 1.807) is 18.3 Å². The number of aliphatic carboxylic acids is 1. The molecule has 1 fully saturated rings. The Hall–Kier alpha value is -2.90. The van der Waals surface area contributed by atoms with E-state index in [1.807, 2.05) is 0 Å². The molecule has 4 rings (SSSR count). The molecule has 0 aromatic carbocycles. The van der Waals surface area contributed by atoms with Crippen LogP contribution in [0.15, 0.2) is 36.7 Å². The van der Waals surface area contributed by atoms with Crippen LogP contribution in [0, 0.1) is 5.41 Å². The van der Waals surface area contributed by atoms with Gasteiger partial charge in [-0.1, -0.05) is 0 Å². The van der Waals surface area contributed by atoms with Crippen LogP contribution < -0.4 is 0 Å². The van der Waals surface area contributed by atoms with Gasteiger partial charge >= 0.3 is 12.1 Å². The lowest BCUT2D eigenvalue weighted by molar-refractivity contribution is -0.143. The van der Waals surface area contributed by atoms with Crippen LogP contribution in [-0.2, 0) is 17.4 Å². The van der Waals surface area contributed by atoms with Gasteiger partial charge in [0.05, 0.1) is 34.1 Å². The maximum absolute atomic E-state index is 12.9. The van der Waals surface area contributed by atoms with E-state index in [2.05, 4.69) is 15.0 Å². The Morgan fingerprint density at radius 2 is 2.00 bits per heavy atom. The molecular weight excluding hydrogens is 347 g/mol. The first kappa shape index (κ1) is 16.6. The number of rotatable bonds is 4. The average molecular weight is 361 g/mol. The Kier molecular flexibility index (Phi) is 3.54. The summed E-state index contributed by atoms with van der Waals surface area (Å²) in [7, 11) is 0. The second kappa shape index (κ2) is 5.55. The quantitative estimate of drug-likeness (QED) is 0.735. The molecule has 134 valence electrons. The average Bonchev–Trinajstić information content (AvgIpc) is 3.25. The van der Waals surface area contributed by atoms with Gasteiger partial charge in [-0.25, -0.2) is 0 Å². The predicted octanol–water partition coefficient (Wildman–Crippen LogP) is 4.05. The molecular formula is C18H14F3N3O2. The van der Waals surface area contributed by atoms with E-state index in [0.717, 1.165) is 23.7 Å². The third-order valence-corrected chi connectivity index (χ3v) is 4.75. The summed E-state index contributed by atoms with van der Waals surface area (Å²) >= 11 is 0. The lowest BCUT2D eigenvalue weighted by Crippen LogP contribution is -2.18. The topological polar surface area (TPSA) is 78.9 Å². The molecule has 0 aliphatic heterocycles. The van der Waals surface area contributed by atoms with Gasteiger partial charge < -0.3 is 10.1 Å². The number of carboxylic acids is 1. The van der Waals surface area contributed by atoms with Gasteiger partial charge in [0.1, 0.15) is 0 Å². The van der Waals surface area contributed by atoms with Crippen molar-refractivity contribution < 1.29 is 23.1 Å². The number of halogens is 3. The monoisotopic (exact) mass is 361 g/mol. The van der Waals surface area contributed by atoms with Crippen molar-refractivity contribution in [2.75, 3.05) is 0 Å². The van der Waals surface area contributed by atoms with Gasteiger partial charge in [0.2, 0.25) is 0 Å². The number of carboxylic acid groups (broad SMARTS) is 1. The summed E-state index contributed by atoms with van der Waals surface area (Å²) < 4.78 is 38.6. The lowest BCUT2D eigenvalue weighted by atomic mass is 10.00. The molecule has 3 aromatic rings. The maximum Gasteiger partial charge on any atom is 0.416 e. The number of nitrogens with zero attached hydrogens (tertiary/aromatic N) is 2. The summed E-state index contributed by atoms with van der Waals surface area (Å²) in [5.41, 5.74) is 0.453. The van der Waals surface area contributed by atoms with E-state index >= 15 is 0 Å². The molecule has 0 amide bonds. The summed E-state index contributed by atoms with van der Waals surface area (Å²) in [5, 5.41) is 10.0. The highest BCUT2D eigenvalue weighted by Crippen LogP contribution is 2.48. The van der Waals surface area contributed by atoms with Crippen molar-refractivity contribution in [1.29, 1.82) is 0 Å². The Bertz CT molecular complexity index is 1010. The van der Waals surface area contributed by atoms with Crippen molar-refractivity contribution in [1.82, 2.24) is 15.0 Å². The normalized spacial score (nSPS) is 16.0. The zero-order valence-corrected chi connectivity index (χ0v) is 13.5. The fourth-order valence-corrected chi connectivity index (χ4v) is 3.03. The summed E-state index contributed by atoms with van der Waals surface area (Å²) in [5.74, 6) is -0.817. The number of H-pyrrole nitrogens is 1. The Morgan fingerprint density at radius 3 is 2.65 bits per heavy atom. The van der Waals surface area contributed by atoms with Crippen LogP contribution in [0.2, 0.25) is 0 Å². The molecule has 1 saturated carbocycles. The molecule has 26 heavy (non-hydrogen) atoms. The fourth-order valence-electron chi connectivity index (χ4n) is 3.03. The first-order chi connectivity index (χ1) is 12.3. The number of nitrogens with one attached hydrogen (secondary N) is 1. The third-order valence-electron chi connectivity index (χ3n) is 4.75. The molecule has 2 N–H and O–H groups in total. The molecule has 0 bridgehead atoms. The number of fused-ring (bicyclic) bond motifs is 1. The fraction of sp³-hybridized carbons (Fsp3) is 0.278. The number of hydrogen-bond donors (Lipinski definition) is 2. The molecule has 0 spiro atoms.